The summed E-state index contributed by atoms with van der Waals surface area (Å²) in [4.78, 5) is 41.4. The molecule has 0 spiro atoms. The fourth-order valence-electron chi connectivity index (χ4n) is 4.72. The van der Waals surface area contributed by atoms with Crippen molar-refractivity contribution in [3.63, 3.8) is 0 Å². The van der Waals surface area contributed by atoms with E-state index in [9.17, 15) is 14.4 Å². The van der Waals surface area contributed by atoms with E-state index < -0.39 is 5.97 Å². The van der Waals surface area contributed by atoms with Gasteiger partial charge < -0.3 is 10.1 Å². The first-order valence-corrected chi connectivity index (χ1v) is 11.9. The van der Waals surface area contributed by atoms with Crippen LogP contribution < -0.4 is 0 Å². The molecule has 179 valence electrons. The Morgan fingerprint density at radius 1 is 0.889 bits per heavy atom. The number of aromatic amines is 1. The van der Waals surface area contributed by atoms with Crippen LogP contribution in [0.5, 0.6) is 0 Å². The smallest absolute Gasteiger partial charge is 0.335 e. The molecule has 2 amide bonds. The number of benzene rings is 3. The molecular weight excluding hydrogens is 553 g/mol. The summed E-state index contributed by atoms with van der Waals surface area (Å²) in [5, 5.41) is 10.8. The average molecular weight is 576 g/mol. The Morgan fingerprint density at radius 2 is 1.56 bits per heavy atom. The van der Waals surface area contributed by atoms with E-state index in [1.807, 2.05) is 30.3 Å². The molecule has 1 aliphatic heterocycles. The summed E-state index contributed by atoms with van der Waals surface area (Å²) in [5.74, 6) is -1.44. The summed E-state index contributed by atoms with van der Waals surface area (Å²) >= 11 is 6.28. The van der Waals surface area contributed by atoms with Gasteiger partial charge in [0.05, 0.1) is 16.7 Å². The van der Waals surface area contributed by atoms with Crippen molar-refractivity contribution in [2.45, 2.75) is 25.7 Å². The van der Waals surface area contributed by atoms with Gasteiger partial charge in [-0.1, -0.05) is 35.9 Å². The van der Waals surface area contributed by atoms with Crippen LogP contribution in [0.25, 0.3) is 10.9 Å². The number of aryl methyl sites for hydroxylation is 2. The molecule has 6 nitrogen and oxygen atoms in total. The van der Waals surface area contributed by atoms with Crippen molar-refractivity contribution in [3.8, 4) is 0 Å². The molecular formula is C28H23ClN2O4Y. The third-order valence-corrected chi connectivity index (χ3v) is 6.75. The Morgan fingerprint density at radius 3 is 2.19 bits per heavy atom. The number of hydrogen-bond donors (Lipinski definition) is 2. The number of nitrogens with one attached hydrogen (secondary N) is 1. The number of H-pyrrole nitrogens is 1. The number of nitrogens with zero attached hydrogens (tertiary/aromatic N) is 1. The molecule has 0 saturated heterocycles. The number of aromatic carboxylic acids is 1. The van der Waals surface area contributed by atoms with Crippen LogP contribution in [0.3, 0.4) is 0 Å². The van der Waals surface area contributed by atoms with Crippen LogP contribution in [0.1, 0.15) is 54.3 Å². The van der Waals surface area contributed by atoms with Crippen LogP contribution in [0.2, 0.25) is 5.02 Å². The number of aromatic nitrogens is 1. The van der Waals surface area contributed by atoms with Crippen LogP contribution in [0.4, 0.5) is 0 Å². The zero-order chi connectivity index (χ0) is 24.5. The maximum Gasteiger partial charge on any atom is 0.335 e. The maximum atomic E-state index is 12.8. The SMILES string of the molecule is O=C(O)c1ccc(CCCc2c(CCN3C(=O)c4ccccc4C3=O)[nH]c3ccc(Cl)cc23)cc1.[Y]. The molecule has 0 saturated carbocycles. The summed E-state index contributed by atoms with van der Waals surface area (Å²) in [6, 6.07) is 19.6. The first-order chi connectivity index (χ1) is 16.9. The van der Waals surface area contributed by atoms with Gasteiger partial charge in [0.2, 0.25) is 0 Å². The second kappa shape index (κ2) is 11.1. The molecule has 0 aliphatic carbocycles. The summed E-state index contributed by atoms with van der Waals surface area (Å²) in [6.45, 7) is 0.288. The quantitative estimate of drug-likeness (QED) is 0.270. The van der Waals surface area contributed by atoms with Crippen molar-refractivity contribution < 1.29 is 52.2 Å². The summed E-state index contributed by atoms with van der Waals surface area (Å²) in [7, 11) is 0. The number of fused-ring (bicyclic) bond motifs is 2. The molecule has 3 aromatic carbocycles. The number of amides is 2. The van der Waals surface area contributed by atoms with Crippen molar-refractivity contribution in [2.24, 2.45) is 0 Å². The molecule has 1 radical (unpaired) electrons. The van der Waals surface area contributed by atoms with Crippen molar-refractivity contribution in [2.75, 3.05) is 6.54 Å². The van der Waals surface area contributed by atoms with Gasteiger partial charge in [0, 0.05) is 67.3 Å². The predicted molar refractivity (Wildman–Crippen MR) is 134 cm³/mol. The van der Waals surface area contributed by atoms with Crippen LogP contribution in [0.15, 0.2) is 66.7 Å². The third-order valence-electron chi connectivity index (χ3n) is 6.51. The van der Waals surface area contributed by atoms with Crippen LogP contribution in [0, 0.1) is 0 Å². The molecule has 1 aromatic heterocycles. The summed E-state index contributed by atoms with van der Waals surface area (Å²) < 4.78 is 0. The first kappa shape index (κ1) is 26.3. The Kier molecular flexibility index (Phi) is 8.08. The number of imide groups is 1. The average Bonchev–Trinajstić information content (AvgIpc) is 3.32. The van der Waals surface area contributed by atoms with Crippen LogP contribution in [-0.2, 0) is 52.0 Å². The standard InChI is InChI=1S/C28H23ClN2O4.Y/c29-19-12-13-24-23(16-19)20(7-3-4-17-8-10-18(11-9-17)28(34)35)25(30-24)14-15-31-26(32)21-5-1-2-6-22(21)27(31)33;/h1-2,5-6,8-13,16,30H,3-4,7,14-15H2,(H,34,35);. The molecule has 2 N–H and O–H groups in total. The van der Waals surface area contributed by atoms with E-state index in [0.29, 0.717) is 22.6 Å². The van der Waals surface area contributed by atoms with Gasteiger partial charge >= 0.3 is 5.97 Å². The molecule has 5 rings (SSSR count). The minimum absolute atomic E-state index is 0. The minimum atomic E-state index is -0.935. The zero-order valence-corrected chi connectivity index (χ0v) is 23.1. The van der Waals surface area contributed by atoms with Gasteiger partial charge in [-0.25, -0.2) is 4.79 Å². The van der Waals surface area contributed by atoms with Crippen molar-refractivity contribution >= 4 is 40.3 Å². The Balaban J connectivity index is 0.00000304. The van der Waals surface area contributed by atoms with Gasteiger partial charge in [0.25, 0.3) is 11.8 Å². The van der Waals surface area contributed by atoms with E-state index in [1.54, 1.807) is 36.4 Å². The summed E-state index contributed by atoms with van der Waals surface area (Å²) in [6.07, 6.45) is 2.94. The van der Waals surface area contributed by atoms with E-state index in [2.05, 4.69) is 4.98 Å². The van der Waals surface area contributed by atoms with Gasteiger partial charge in [0.1, 0.15) is 0 Å². The second-order valence-corrected chi connectivity index (χ2v) is 9.12. The monoisotopic (exact) mass is 575 g/mol. The van der Waals surface area contributed by atoms with E-state index in [0.717, 1.165) is 47.0 Å². The maximum absolute atomic E-state index is 12.8. The Hall–Kier alpha value is -2.80. The van der Waals surface area contributed by atoms with E-state index in [4.69, 9.17) is 16.7 Å². The van der Waals surface area contributed by atoms with Crippen molar-refractivity contribution in [1.82, 2.24) is 9.88 Å². The molecule has 2 heterocycles. The van der Waals surface area contributed by atoms with Gasteiger partial charge in [0.15, 0.2) is 0 Å². The number of rotatable bonds is 8. The number of carboxylic acids is 1. The molecule has 0 fully saturated rings. The second-order valence-electron chi connectivity index (χ2n) is 8.69. The van der Waals surface area contributed by atoms with Crippen molar-refractivity contribution in [3.05, 3.63) is 105 Å². The number of hydrogen-bond acceptors (Lipinski definition) is 3. The molecule has 4 aromatic rings. The molecule has 0 unspecified atom stereocenters. The normalized spacial score (nSPS) is 12.6. The van der Waals surface area contributed by atoms with Crippen LogP contribution in [-0.4, -0.2) is 39.3 Å². The predicted octanol–water partition coefficient (Wildman–Crippen LogP) is 5.53. The fraction of sp³-hybridized carbons (Fsp3) is 0.179. The largest absolute Gasteiger partial charge is 0.478 e. The molecule has 36 heavy (non-hydrogen) atoms. The van der Waals surface area contributed by atoms with E-state index >= 15 is 0 Å². The van der Waals surface area contributed by atoms with Crippen molar-refractivity contribution in [1.29, 1.82) is 0 Å². The fourth-order valence-corrected chi connectivity index (χ4v) is 4.90. The summed E-state index contributed by atoms with van der Waals surface area (Å²) in [5.41, 5.74) is 5.33. The molecule has 8 heteroatoms. The third kappa shape index (κ3) is 5.17. The first-order valence-electron chi connectivity index (χ1n) is 11.5. The number of carbonyl (C=O) groups is 3. The molecule has 0 atom stereocenters. The van der Waals surface area contributed by atoms with Gasteiger partial charge in [-0.3, -0.25) is 14.5 Å². The van der Waals surface area contributed by atoms with E-state index in [1.165, 1.54) is 4.90 Å². The minimum Gasteiger partial charge on any atom is -0.478 e. The molecule has 1 aliphatic rings. The van der Waals surface area contributed by atoms with E-state index in [-0.39, 0.29) is 56.6 Å². The topological polar surface area (TPSA) is 90.5 Å². The number of halogens is 1. The number of carbonyl (C=O) groups excluding carboxylic acids is 2. The van der Waals surface area contributed by atoms with Crippen LogP contribution >= 0.6 is 11.6 Å². The van der Waals surface area contributed by atoms with Gasteiger partial charge in [-0.15, -0.1) is 0 Å². The zero-order valence-electron chi connectivity index (χ0n) is 19.5. The Bertz CT molecular complexity index is 1430. The number of carboxylic acid groups (broad SMARTS) is 1. The van der Waals surface area contributed by atoms with Gasteiger partial charge in [-0.05, 0) is 72.9 Å². The van der Waals surface area contributed by atoms with Gasteiger partial charge in [-0.2, -0.15) is 0 Å². The molecule has 0 bridgehead atoms. The Labute approximate surface area is 238 Å².